The van der Waals surface area contributed by atoms with E-state index >= 15 is 0 Å². The molecule has 3 fully saturated rings. The molecular weight excluding hydrogens is 208 g/mol. The van der Waals surface area contributed by atoms with Crippen LogP contribution in [0.25, 0.3) is 0 Å². The molecule has 0 aromatic rings. The second-order valence-corrected chi connectivity index (χ2v) is 5.83. The van der Waals surface area contributed by atoms with Crippen LogP contribution < -0.4 is 5.32 Å². The number of hydrogen-bond acceptors (Lipinski definition) is 1. The van der Waals surface area contributed by atoms with Crippen LogP contribution in [0, 0.1) is 17.8 Å². The van der Waals surface area contributed by atoms with Gasteiger partial charge in [0.2, 0.25) is 0 Å². The number of alkyl halides is 2. The highest BCUT2D eigenvalue weighted by Crippen LogP contribution is 2.63. The molecular formula is C13H21F2N. The van der Waals surface area contributed by atoms with Gasteiger partial charge in [0, 0.05) is 17.9 Å². The third-order valence-electron chi connectivity index (χ3n) is 4.86. The molecule has 0 spiro atoms. The Morgan fingerprint density at radius 2 is 1.56 bits per heavy atom. The number of halogens is 2. The minimum Gasteiger partial charge on any atom is -0.313 e. The molecule has 1 N–H and O–H groups in total. The predicted octanol–water partition coefficient (Wildman–Crippen LogP) is 3.20. The Labute approximate surface area is 96.0 Å². The van der Waals surface area contributed by atoms with E-state index in [1.165, 1.54) is 12.8 Å². The van der Waals surface area contributed by atoms with Crippen LogP contribution in [0.1, 0.15) is 44.9 Å². The summed E-state index contributed by atoms with van der Waals surface area (Å²) in [6, 6.07) is 0.106. The first kappa shape index (κ1) is 10.9. The van der Waals surface area contributed by atoms with E-state index in [1.807, 2.05) is 0 Å². The Bertz CT molecular complexity index is 255. The van der Waals surface area contributed by atoms with Gasteiger partial charge in [0.05, 0.1) is 0 Å². The smallest absolute Gasteiger partial charge is 0.256 e. The highest BCUT2D eigenvalue weighted by atomic mass is 19.3. The van der Waals surface area contributed by atoms with Gasteiger partial charge in [0.15, 0.2) is 0 Å². The first-order chi connectivity index (χ1) is 7.71. The average Bonchev–Trinajstić information content (AvgIpc) is 2.70. The van der Waals surface area contributed by atoms with Crippen LogP contribution in [-0.2, 0) is 0 Å². The summed E-state index contributed by atoms with van der Waals surface area (Å²) in [7, 11) is 0. The molecule has 2 aliphatic carbocycles. The summed E-state index contributed by atoms with van der Waals surface area (Å²) in [5.74, 6) is -2.66. The van der Waals surface area contributed by atoms with Gasteiger partial charge in [-0.25, -0.2) is 8.78 Å². The van der Waals surface area contributed by atoms with Crippen molar-refractivity contribution in [2.75, 3.05) is 6.54 Å². The lowest BCUT2D eigenvalue weighted by Crippen LogP contribution is -2.37. The van der Waals surface area contributed by atoms with E-state index in [1.54, 1.807) is 0 Å². The molecule has 3 aliphatic rings. The second-order valence-electron chi connectivity index (χ2n) is 5.83. The monoisotopic (exact) mass is 229 g/mol. The molecule has 2 saturated carbocycles. The van der Waals surface area contributed by atoms with E-state index in [0.29, 0.717) is 5.92 Å². The van der Waals surface area contributed by atoms with Gasteiger partial charge in [-0.1, -0.05) is 19.3 Å². The first-order valence-corrected chi connectivity index (χ1v) is 6.82. The van der Waals surface area contributed by atoms with Crippen molar-refractivity contribution >= 4 is 0 Å². The second kappa shape index (κ2) is 3.94. The van der Waals surface area contributed by atoms with Crippen LogP contribution >= 0.6 is 0 Å². The topological polar surface area (TPSA) is 12.0 Å². The molecule has 0 bridgehead atoms. The molecule has 1 saturated heterocycles. The molecule has 92 valence electrons. The van der Waals surface area contributed by atoms with Crippen molar-refractivity contribution in [2.45, 2.75) is 56.9 Å². The van der Waals surface area contributed by atoms with Gasteiger partial charge in [-0.15, -0.1) is 0 Å². The molecule has 3 atom stereocenters. The van der Waals surface area contributed by atoms with Crippen LogP contribution in [-0.4, -0.2) is 18.5 Å². The third kappa shape index (κ3) is 1.68. The normalized spacial score (nSPS) is 43.5. The maximum Gasteiger partial charge on any atom is 0.256 e. The zero-order valence-corrected chi connectivity index (χ0v) is 9.72. The minimum absolute atomic E-state index is 0.106. The zero-order valence-electron chi connectivity index (χ0n) is 9.72. The highest BCUT2D eigenvalue weighted by Gasteiger charge is 2.72. The van der Waals surface area contributed by atoms with Crippen molar-refractivity contribution in [3.05, 3.63) is 0 Å². The molecule has 3 unspecified atom stereocenters. The molecule has 0 aromatic heterocycles. The lowest BCUT2D eigenvalue weighted by molar-refractivity contribution is 0.0672. The molecule has 0 aromatic carbocycles. The summed E-state index contributed by atoms with van der Waals surface area (Å²) >= 11 is 0. The van der Waals surface area contributed by atoms with E-state index in [9.17, 15) is 8.78 Å². The molecule has 3 heteroatoms. The predicted molar refractivity (Wildman–Crippen MR) is 59.5 cm³/mol. The van der Waals surface area contributed by atoms with Gasteiger partial charge in [-0.2, -0.15) is 0 Å². The van der Waals surface area contributed by atoms with Crippen LogP contribution in [0.15, 0.2) is 0 Å². The van der Waals surface area contributed by atoms with Gasteiger partial charge < -0.3 is 5.32 Å². The highest BCUT2D eigenvalue weighted by molar-refractivity contribution is 5.13. The number of piperidine rings is 1. The van der Waals surface area contributed by atoms with Crippen LogP contribution in [0.2, 0.25) is 0 Å². The summed E-state index contributed by atoms with van der Waals surface area (Å²) < 4.78 is 27.7. The van der Waals surface area contributed by atoms with Crippen molar-refractivity contribution in [1.29, 1.82) is 0 Å². The van der Waals surface area contributed by atoms with Crippen LogP contribution in [0.3, 0.4) is 0 Å². The third-order valence-corrected chi connectivity index (χ3v) is 4.86. The van der Waals surface area contributed by atoms with Gasteiger partial charge in [0.25, 0.3) is 5.92 Å². The minimum atomic E-state index is -2.36. The molecule has 0 amide bonds. The Balaban J connectivity index is 1.66. The summed E-state index contributed by atoms with van der Waals surface area (Å²) in [6.45, 7) is 0.939. The average molecular weight is 229 g/mol. The molecule has 16 heavy (non-hydrogen) atoms. The number of rotatable bonds is 2. The maximum absolute atomic E-state index is 13.9. The van der Waals surface area contributed by atoms with Gasteiger partial charge in [0.1, 0.15) is 0 Å². The van der Waals surface area contributed by atoms with E-state index in [-0.39, 0.29) is 17.9 Å². The number of hydrogen-bond donors (Lipinski definition) is 1. The summed E-state index contributed by atoms with van der Waals surface area (Å²) in [6.07, 6.45) is 7.67. The standard InChI is InChI=1S/C13H21F2N/c14-13(15)11(9-5-1-2-6-9)12(13)10-7-3-4-8-16-10/h9-12,16H,1-8H2. The Hall–Kier alpha value is -0.180. The van der Waals surface area contributed by atoms with Crippen molar-refractivity contribution in [3.63, 3.8) is 0 Å². The van der Waals surface area contributed by atoms with Crippen molar-refractivity contribution in [2.24, 2.45) is 17.8 Å². The van der Waals surface area contributed by atoms with Gasteiger partial charge in [-0.3, -0.25) is 0 Å². The van der Waals surface area contributed by atoms with E-state index < -0.39 is 5.92 Å². The van der Waals surface area contributed by atoms with Gasteiger partial charge >= 0.3 is 0 Å². The van der Waals surface area contributed by atoms with Crippen LogP contribution in [0.5, 0.6) is 0 Å². The lowest BCUT2D eigenvalue weighted by Gasteiger charge is -2.23. The fourth-order valence-electron chi connectivity index (χ4n) is 4.00. The molecule has 3 rings (SSSR count). The summed E-state index contributed by atoms with van der Waals surface area (Å²) in [5, 5.41) is 3.31. The van der Waals surface area contributed by atoms with Gasteiger partial charge in [-0.05, 0) is 38.1 Å². The van der Waals surface area contributed by atoms with E-state index in [0.717, 1.165) is 38.6 Å². The zero-order chi connectivity index (χ0) is 11.2. The van der Waals surface area contributed by atoms with Crippen LogP contribution in [0.4, 0.5) is 8.78 Å². The Kier molecular flexibility index (Phi) is 2.69. The van der Waals surface area contributed by atoms with E-state index in [4.69, 9.17) is 0 Å². The van der Waals surface area contributed by atoms with Crippen molar-refractivity contribution in [1.82, 2.24) is 5.32 Å². The van der Waals surface area contributed by atoms with Crippen molar-refractivity contribution in [3.8, 4) is 0 Å². The first-order valence-electron chi connectivity index (χ1n) is 6.82. The SMILES string of the molecule is FC1(F)C(C2CCCC2)C1C1CCCCN1. The largest absolute Gasteiger partial charge is 0.313 e. The molecule has 1 heterocycles. The fraction of sp³-hybridized carbons (Fsp3) is 1.00. The summed E-state index contributed by atoms with van der Waals surface area (Å²) in [4.78, 5) is 0. The van der Waals surface area contributed by atoms with E-state index in [2.05, 4.69) is 5.32 Å². The number of nitrogens with one attached hydrogen (secondary N) is 1. The fourth-order valence-corrected chi connectivity index (χ4v) is 4.00. The van der Waals surface area contributed by atoms with Crippen molar-refractivity contribution < 1.29 is 8.78 Å². The maximum atomic E-state index is 13.9. The summed E-state index contributed by atoms with van der Waals surface area (Å²) in [5.41, 5.74) is 0. The molecule has 1 aliphatic heterocycles. The quantitative estimate of drug-likeness (QED) is 0.766. The molecule has 1 nitrogen and oxygen atoms in total. The Morgan fingerprint density at radius 3 is 2.19 bits per heavy atom. The Morgan fingerprint density at radius 1 is 0.875 bits per heavy atom. The molecule has 0 radical (unpaired) electrons. The lowest BCUT2D eigenvalue weighted by atomic mass is 9.94.